The second-order valence-corrected chi connectivity index (χ2v) is 12.8. The molecule has 9 heteroatoms. The number of fused-ring (bicyclic) bond motifs is 1. The number of benzene rings is 1. The molecule has 1 aliphatic carbocycles. The minimum Gasteiger partial charge on any atom is -0.483 e. The zero-order valence-electron chi connectivity index (χ0n) is 22.7. The van der Waals surface area contributed by atoms with Gasteiger partial charge in [-0.25, -0.2) is 0 Å². The molecule has 1 amide bonds. The van der Waals surface area contributed by atoms with Crippen molar-refractivity contribution in [1.82, 2.24) is 14.8 Å². The van der Waals surface area contributed by atoms with Crippen LogP contribution < -0.4 is 10.1 Å². The fourth-order valence-corrected chi connectivity index (χ4v) is 6.83. The first-order valence-corrected chi connectivity index (χ1v) is 14.7. The number of hydrogen-bond donors (Lipinski definition) is 1. The standard InChI is InChI=1S/C29H35N5O2S2/c1-7-13-34-26(19(3)36-21-10-8-9-18(2)14-21)32-33-28(34)37-17-25(35)31-27-23(16-30)22-12-11-20(29(4,5)6)15-24(22)38-27/h7-10,14,19-20H,1,11-13,15,17H2,2-6H3,(H,31,35). The van der Waals surface area contributed by atoms with Gasteiger partial charge in [-0.15, -0.1) is 28.1 Å². The lowest BCUT2D eigenvalue weighted by atomic mass is 9.72. The molecule has 0 bridgehead atoms. The number of anilines is 1. The van der Waals surface area contributed by atoms with E-state index in [2.05, 4.69) is 48.9 Å². The van der Waals surface area contributed by atoms with Gasteiger partial charge in [-0.2, -0.15) is 5.26 Å². The minimum atomic E-state index is -0.333. The third-order valence-corrected chi connectivity index (χ3v) is 9.05. The molecule has 4 rings (SSSR count). The number of nitrogens with zero attached hydrogens (tertiary/aromatic N) is 4. The van der Waals surface area contributed by atoms with Crippen LogP contribution in [0.3, 0.4) is 0 Å². The number of nitrogens with one attached hydrogen (secondary N) is 1. The molecule has 2 aromatic heterocycles. The Morgan fingerprint density at radius 2 is 2.21 bits per heavy atom. The van der Waals surface area contributed by atoms with Gasteiger partial charge in [0.1, 0.15) is 16.8 Å². The van der Waals surface area contributed by atoms with Crippen LogP contribution in [0, 0.1) is 29.6 Å². The monoisotopic (exact) mass is 549 g/mol. The van der Waals surface area contributed by atoms with Crippen molar-refractivity contribution in [1.29, 1.82) is 5.26 Å². The molecule has 0 radical (unpaired) electrons. The number of thiophene rings is 1. The average molecular weight is 550 g/mol. The summed E-state index contributed by atoms with van der Waals surface area (Å²) in [6, 6.07) is 10.2. The molecule has 1 N–H and O–H groups in total. The van der Waals surface area contributed by atoms with Gasteiger partial charge in [-0.3, -0.25) is 9.36 Å². The quantitative estimate of drug-likeness (QED) is 0.235. The van der Waals surface area contributed by atoms with Crippen LogP contribution in [0.1, 0.15) is 67.6 Å². The molecule has 1 aliphatic rings. The van der Waals surface area contributed by atoms with E-state index in [0.717, 1.165) is 36.1 Å². The smallest absolute Gasteiger partial charge is 0.235 e. The Morgan fingerprint density at radius 3 is 2.89 bits per heavy atom. The van der Waals surface area contributed by atoms with Crippen molar-refractivity contribution in [3.8, 4) is 11.8 Å². The largest absolute Gasteiger partial charge is 0.483 e. The fraction of sp³-hybridized carbons (Fsp3) is 0.448. The Morgan fingerprint density at radius 1 is 1.42 bits per heavy atom. The summed E-state index contributed by atoms with van der Waals surface area (Å²) in [6.45, 7) is 15.1. The van der Waals surface area contributed by atoms with Crippen molar-refractivity contribution in [2.75, 3.05) is 11.1 Å². The zero-order chi connectivity index (χ0) is 27.4. The highest BCUT2D eigenvalue weighted by atomic mass is 32.2. The number of aryl methyl sites for hydroxylation is 1. The average Bonchev–Trinajstić information content (AvgIpc) is 3.42. The highest BCUT2D eigenvalue weighted by Crippen LogP contribution is 2.44. The Labute approximate surface area is 233 Å². The molecule has 0 saturated carbocycles. The van der Waals surface area contributed by atoms with Crippen molar-refractivity contribution in [2.24, 2.45) is 11.3 Å². The first-order valence-electron chi connectivity index (χ1n) is 12.8. The second-order valence-electron chi connectivity index (χ2n) is 10.8. The lowest BCUT2D eigenvalue weighted by molar-refractivity contribution is -0.113. The number of carbonyl (C=O) groups is 1. The molecule has 7 nitrogen and oxygen atoms in total. The molecule has 0 aliphatic heterocycles. The number of amides is 1. The molecule has 0 fully saturated rings. The zero-order valence-corrected chi connectivity index (χ0v) is 24.3. The van der Waals surface area contributed by atoms with E-state index in [4.69, 9.17) is 4.74 Å². The van der Waals surface area contributed by atoms with Crippen LogP contribution in [-0.4, -0.2) is 26.4 Å². The van der Waals surface area contributed by atoms with Gasteiger partial charge in [0.05, 0.1) is 11.3 Å². The SMILES string of the molecule is C=CCn1c(SCC(=O)Nc2sc3c(c2C#N)CCC(C(C)(C)C)C3)nnc1C(C)Oc1cccc(C)c1. The lowest BCUT2D eigenvalue weighted by Crippen LogP contribution is -2.26. The van der Waals surface area contributed by atoms with Gasteiger partial charge in [0.15, 0.2) is 17.1 Å². The van der Waals surface area contributed by atoms with E-state index < -0.39 is 0 Å². The third-order valence-electron chi connectivity index (χ3n) is 6.91. The Balaban J connectivity index is 1.43. The number of aromatic nitrogens is 3. The first-order chi connectivity index (χ1) is 18.1. The van der Waals surface area contributed by atoms with E-state index in [1.165, 1.54) is 16.6 Å². The van der Waals surface area contributed by atoms with Crippen LogP contribution in [0.4, 0.5) is 5.00 Å². The van der Waals surface area contributed by atoms with E-state index >= 15 is 0 Å². The van der Waals surface area contributed by atoms with Crippen LogP contribution >= 0.6 is 23.1 Å². The third kappa shape index (κ3) is 6.30. The Hall–Kier alpha value is -3.09. The number of allylic oxidation sites excluding steroid dienone is 1. The van der Waals surface area contributed by atoms with Gasteiger partial charge < -0.3 is 10.1 Å². The molecule has 2 heterocycles. The molecular weight excluding hydrogens is 514 g/mol. The number of hydrogen-bond acceptors (Lipinski definition) is 7. The number of nitriles is 1. The van der Waals surface area contributed by atoms with E-state index in [-0.39, 0.29) is 23.2 Å². The number of thioether (sulfide) groups is 1. The lowest BCUT2D eigenvalue weighted by Gasteiger charge is -2.33. The topological polar surface area (TPSA) is 92.8 Å². The maximum atomic E-state index is 12.9. The predicted octanol–water partition coefficient (Wildman–Crippen LogP) is 6.73. The molecule has 2 unspecified atom stereocenters. The normalized spacial score (nSPS) is 15.8. The summed E-state index contributed by atoms with van der Waals surface area (Å²) in [5, 5.41) is 22.8. The van der Waals surface area contributed by atoms with Gasteiger partial charge in [-0.05, 0) is 67.7 Å². The van der Waals surface area contributed by atoms with E-state index in [1.54, 1.807) is 17.4 Å². The molecule has 0 spiro atoms. The summed E-state index contributed by atoms with van der Waals surface area (Å²) in [7, 11) is 0. The summed E-state index contributed by atoms with van der Waals surface area (Å²) in [4.78, 5) is 14.2. The Kier molecular flexibility index (Phi) is 8.64. The molecule has 2 atom stereocenters. The molecule has 0 saturated heterocycles. The molecule has 38 heavy (non-hydrogen) atoms. The summed E-state index contributed by atoms with van der Waals surface area (Å²) in [6.07, 6.45) is 4.35. The van der Waals surface area contributed by atoms with Crippen LogP contribution in [0.2, 0.25) is 0 Å². The van der Waals surface area contributed by atoms with Crippen molar-refractivity contribution in [2.45, 2.75) is 71.7 Å². The number of ether oxygens (including phenoxy) is 1. The molecule has 200 valence electrons. The van der Waals surface area contributed by atoms with Crippen molar-refractivity contribution >= 4 is 34.0 Å². The van der Waals surface area contributed by atoms with Crippen molar-refractivity contribution in [3.63, 3.8) is 0 Å². The summed E-state index contributed by atoms with van der Waals surface area (Å²) < 4.78 is 8.02. The van der Waals surface area contributed by atoms with Crippen LogP contribution in [0.5, 0.6) is 5.75 Å². The first kappa shape index (κ1) is 27.9. The van der Waals surface area contributed by atoms with Crippen LogP contribution in [0.25, 0.3) is 0 Å². The minimum absolute atomic E-state index is 0.153. The number of rotatable bonds is 9. The van der Waals surface area contributed by atoms with Gasteiger partial charge >= 0.3 is 0 Å². The maximum absolute atomic E-state index is 12.9. The van der Waals surface area contributed by atoms with E-state index in [0.29, 0.717) is 34.0 Å². The van der Waals surface area contributed by atoms with E-state index in [1.807, 2.05) is 42.7 Å². The second kappa shape index (κ2) is 11.7. The van der Waals surface area contributed by atoms with E-state index in [9.17, 15) is 10.1 Å². The highest BCUT2D eigenvalue weighted by molar-refractivity contribution is 7.99. The predicted molar refractivity (Wildman–Crippen MR) is 154 cm³/mol. The summed E-state index contributed by atoms with van der Waals surface area (Å²) in [5.41, 5.74) is 3.07. The van der Waals surface area contributed by atoms with Gasteiger partial charge in [0.2, 0.25) is 5.91 Å². The Bertz CT molecular complexity index is 1360. The molecular formula is C29H35N5O2S2. The van der Waals surface area contributed by atoms with Crippen molar-refractivity contribution in [3.05, 3.63) is 64.3 Å². The van der Waals surface area contributed by atoms with Crippen molar-refractivity contribution < 1.29 is 9.53 Å². The molecule has 3 aromatic rings. The van der Waals surface area contributed by atoms with Gasteiger partial charge in [0, 0.05) is 11.4 Å². The number of carbonyl (C=O) groups excluding carboxylic acids is 1. The fourth-order valence-electron chi connectivity index (χ4n) is 4.78. The van der Waals surface area contributed by atoms with Gasteiger partial charge in [0.25, 0.3) is 0 Å². The van der Waals surface area contributed by atoms with Gasteiger partial charge in [-0.1, -0.05) is 50.7 Å². The summed E-state index contributed by atoms with van der Waals surface area (Å²) in [5.74, 6) is 1.99. The van der Waals surface area contributed by atoms with Crippen LogP contribution in [-0.2, 0) is 24.2 Å². The summed E-state index contributed by atoms with van der Waals surface area (Å²) >= 11 is 2.86. The van der Waals surface area contributed by atoms with Crippen LogP contribution in [0.15, 0.2) is 42.1 Å². The highest BCUT2D eigenvalue weighted by Gasteiger charge is 2.32. The maximum Gasteiger partial charge on any atom is 0.235 e. The molecule has 1 aromatic carbocycles.